The fourth-order valence-corrected chi connectivity index (χ4v) is 3.82. The highest BCUT2D eigenvalue weighted by atomic mass is 16.5. The van der Waals surface area contributed by atoms with Gasteiger partial charge in [0, 0.05) is 19.3 Å². The number of ether oxygens (including phenoxy) is 1. The van der Waals surface area contributed by atoms with Gasteiger partial charge in [-0.2, -0.15) is 0 Å². The molecule has 6 heteroatoms. The number of carbonyl (C=O) groups excluding carboxylic acids is 1. The highest BCUT2D eigenvalue weighted by Gasteiger charge is 2.56. The Morgan fingerprint density at radius 1 is 1.43 bits per heavy atom. The fraction of sp³-hybridized carbons (Fsp3) is 0.588. The summed E-state index contributed by atoms with van der Waals surface area (Å²) in [6.45, 7) is 4.21. The van der Waals surface area contributed by atoms with E-state index in [0.717, 1.165) is 55.8 Å². The largest absolute Gasteiger partial charge is 0.466 e. The first-order valence-electron chi connectivity index (χ1n) is 8.45. The van der Waals surface area contributed by atoms with Gasteiger partial charge in [0.25, 0.3) is 0 Å². The molecule has 1 N–H and O–H groups in total. The Bertz CT molecular complexity index is 714. The minimum Gasteiger partial charge on any atom is -0.466 e. The monoisotopic (exact) mass is 314 g/mol. The number of aromatic nitrogens is 3. The average molecular weight is 314 g/mol. The molecule has 0 aromatic carbocycles. The van der Waals surface area contributed by atoms with Crippen molar-refractivity contribution in [3.63, 3.8) is 0 Å². The number of hydrogen-bond donors (Lipinski definition) is 1. The van der Waals surface area contributed by atoms with E-state index < -0.39 is 0 Å². The number of piperidine rings is 1. The Morgan fingerprint density at radius 2 is 2.22 bits per heavy atom. The molecule has 1 saturated carbocycles. The Labute approximate surface area is 135 Å². The third-order valence-corrected chi connectivity index (χ3v) is 5.32. The number of nitrogens with one attached hydrogen (secondary N) is 1. The predicted molar refractivity (Wildman–Crippen MR) is 87.1 cm³/mol. The average Bonchev–Trinajstić information content (AvgIpc) is 3.26. The van der Waals surface area contributed by atoms with Crippen molar-refractivity contribution < 1.29 is 9.53 Å². The van der Waals surface area contributed by atoms with E-state index in [9.17, 15) is 4.79 Å². The molecule has 2 aliphatic rings. The number of H-pyrrole nitrogens is 1. The second-order valence-electron chi connectivity index (χ2n) is 6.58. The van der Waals surface area contributed by atoms with E-state index in [2.05, 4.69) is 19.9 Å². The standard InChI is InChI=1S/C17H22N4O2/c1-2-23-16(22)17(6-7-17)12-4-9-21(10-5-12)14-11-19-15-13(20-14)3-8-18-15/h3,8,11-12H,2,4-7,9-10H2,1H3,(H,18,19). The van der Waals surface area contributed by atoms with E-state index in [0.29, 0.717) is 12.5 Å². The van der Waals surface area contributed by atoms with Gasteiger partial charge < -0.3 is 14.6 Å². The number of nitrogens with zero attached hydrogens (tertiary/aromatic N) is 3. The van der Waals surface area contributed by atoms with Crippen molar-refractivity contribution in [2.75, 3.05) is 24.6 Å². The van der Waals surface area contributed by atoms with Crippen LogP contribution in [0, 0.1) is 11.3 Å². The van der Waals surface area contributed by atoms with Crippen LogP contribution in [0.15, 0.2) is 18.5 Å². The zero-order chi connectivity index (χ0) is 15.9. The first kappa shape index (κ1) is 14.5. The van der Waals surface area contributed by atoms with E-state index in [4.69, 9.17) is 4.74 Å². The van der Waals surface area contributed by atoms with Crippen molar-refractivity contribution >= 4 is 23.0 Å². The van der Waals surface area contributed by atoms with Gasteiger partial charge in [0.05, 0.1) is 18.2 Å². The molecule has 0 bridgehead atoms. The van der Waals surface area contributed by atoms with Gasteiger partial charge in [0.2, 0.25) is 0 Å². The van der Waals surface area contributed by atoms with E-state index in [1.807, 2.05) is 25.4 Å². The lowest BCUT2D eigenvalue weighted by molar-refractivity contribution is -0.152. The van der Waals surface area contributed by atoms with Crippen molar-refractivity contribution in [3.8, 4) is 0 Å². The first-order chi connectivity index (χ1) is 11.2. The SMILES string of the molecule is CCOC(=O)C1(C2CCN(c3cnc4[nH]ccc4n3)CC2)CC1. The molecule has 2 aromatic rings. The van der Waals surface area contributed by atoms with Crippen LogP contribution in [0.2, 0.25) is 0 Å². The number of rotatable bonds is 4. The molecule has 0 amide bonds. The molecule has 23 heavy (non-hydrogen) atoms. The molecule has 3 heterocycles. The summed E-state index contributed by atoms with van der Waals surface area (Å²) < 4.78 is 5.29. The highest BCUT2D eigenvalue weighted by Crippen LogP contribution is 2.56. The molecular formula is C17H22N4O2. The summed E-state index contributed by atoms with van der Waals surface area (Å²) in [6, 6.07) is 1.94. The zero-order valence-corrected chi connectivity index (χ0v) is 13.4. The fourth-order valence-electron chi connectivity index (χ4n) is 3.82. The van der Waals surface area contributed by atoms with E-state index >= 15 is 0 Å². The lowest BCUT2D eigenvalue weighted by atomic mass is 9.81. The second-order valence-corrected chi connectivity index (χ2v) is 6.58. The van der Waals surface area contributed by atoms with Gasteiger partial charge in [-0.1, -0.05) is 0 Å². The van der Waals surface area contributed by atoms with Gasteiger partial charge in [0.1, 0.15) is 11.3 Å². The Kier molecular flexibility index (Phi) is 3.47. The maximum absolute atomic E-state index is 12.2. The predicted octanol–water partition coefficient (Wildman–Crippen LogP) is 2.52. The molecule has 1 aliphatic carbocycles. The number of aromatic amines is 1. The van der Waals surface area contributed by atoms with Crippen LogP contribution in [0.4, 0.5) is 5.82 Å². The quantitative estimate of drug-likeness (QED) is 0.878. The smallest absolute Gasteiger partial charge is 0.312 e. The molecular weight excluding hydrogens is 292 g/mol. The summed E-state index contributed by atoms with van der Waals surface area (Å²) in [5, 5.41) is 0. The molecule has 1 saturated heterocycles. The van der Waals surface area contributed by atoms with Gasteiger partial charge in [-0.3, -0.25) is 4.79 Å². The van der Waals surface area contributed by atoms with E-state index in [1.165, 1.54) is 0 Å². The van der Waals surface area contributed by atoms with Crippen molar-refractivity contribution in [2.45, 2.75) is 32.6 Å². The van der Waals surface area contributed by atoms with Crippen LogP contribution in [-0.4, -0.2) is 40.6 Å². The maximum atomic E-state index is 12.2. The van der Waals surface area contributed by atoms with Crippen LogP contribution in [0.1, 0.15) is 32.6 Å². The minimum atomic E-state index is -0.182. The second kappa shape index (κ2) is 5.51. The van der Waals surface area contributed by atoms with Crippen LogP contribution in [0.3, 0.4) is 0 Å². The molecule has 0 unspecified atom stereocenters. The van der Waals surface area contributed by atoms with Crippen LogP contribution in [-0.2, 0) is 9.53 Å². The number of hydrogen-bond acceptors (Lipinski definition) is 5. The normalized spacial score (nSPS) is 20.7. The van der Waals surface area contributed by atoms with Crippen LogP contribution in [0.5, 0.6) is 0 Å². The highest BCUT2D eigenvalue weighted by molar-refractivity contribution is 5.80. The molecule has 2 fully saturated rings. The van der Waals surface area contributed by atoms with E-state index in [1.54, 1.807) is 0 Å². The Morgan fingerprint density at radius 3 is 2.91 bits per heavy atom. The van der Waals surface area contributed by atoms with Crippen molar-refractivity contribution in [3.05, 3.63) is 18.5 Å². The number of carbonyl (C=O) groups is 1. The third-order valence-electron chi connectivity index (χ3n) is 5.32. The third kappa shape index (κ3) is 2.46. The van der Waals surface area contributed by atoms with Crippen molar-refractivity contribution in [1.82, 2.24) is 15.0 Å². The molecule has 0 radical (unpaired) electrons. The number of esters is 1. The summed E-state index contributed by atoms with van der Waals surface area (Å²) in [4.78, 5) is 26.7. The van der Waals surface area contributed by atoms with Gasteiger partial charge in [0.15, 0.2) is 5.65 Å². The molecule has 122 valence electrons. The van der Waals surface area contributed by atoms with Crippen LogP contribution < -0.4 is 4.90 Å². The topological polar surface area (TPSA) is 71.1 Å². The van der Waals surface area contributed by atoms with E-state index in [-0.39, 0.29) is 11.4 Å². The number of anilines is 1. The van der Waals surface area contributed by atoms with Gasteiger partial charge in [-0.15, -0.1) is 0 Å². The minimum absolute atomic E-state index is 0.0204. The maximum Gasteiger partial charge on any atom is 0.312 e. The van der Waals surface area contributed by atoms with Crippen molar-refractivity contribution in [1.29, 1.82) is 0 Å². The van der Waals surface area contributed by atoms with Gasteiger partial charge in [-0.05, 0) is 44.6 Å². The summed E-state index contributed by atoms with van der Waals surface area (Å²) in [5.74, 6) is 1.39. The molecule has 6 nitrogen and oxygen atoms in total. The molecule has 0 atom stereocenters. The lowest BCUT2D eigenvalue weighted by Crippen LogP contribution is -2.40. The molecule has 0 spiro atoms. The molecule has 1 aliphatic heterocycles. The van der Waals surface area contributed by atoms with Crippen LogP contribution in [0.25, 0.3) is 11.2 Å². The van der Waals surface area contributed by atoms with Crippen LogP contribution >= 0.6 is 0 Å². The summed E-state index contributed by atoms with van der Waals surface area (Å²) in [5.41, 5.74) is 1.54. The summed E-state index contributed by atoms with van der Waals surface area (Å²) in [7, 11) is 0. The Hall–Kier alpha value is -2.11. The summed E-state index contributed by atoms with van der Waals surface area (Å²) in [6.07, 6.45) is 7.71. The molecule has 2 aromatic heterocycles. The molecule has 4 rings (SSSR count). The lowest BCUT2D eigenvalue weighted by Gasteiger charge is -2.35. The first-order valence-corrected chi connectivity index (χ1v) is 8.45. The number of fused-ring (bicyclic) bond motifs is 1. The summed E-state index contributed by atoms with van der Waals surface area (Å²) >= 11 is 0. The zero-order valence-electron chi connectivity index (χ0n) is 13.4. The van der Waals surface area contributed by atoms with Crippen molar-refractivity contribution in [2.24, 2.45) is 11.3 Å². The van der Waals surface area contributed by atoms with Gasteiger partial charge in [-0.25, -0.2) is 9.97 Å². The Balaban J connectivity index is 1.43. The van der Waals surface area contributed by atoms with Gasteiger partial charge >= 0.3 is 5.97 Å².